The number of rotatable bonds is 4. The number of aliphatic imine (C=N–C) groups is 1. The van der Waals surface area contributed by atoms with Crippen molar-refractivity contribution in [2.24, 2.45) is 22.2 Å². The molecule has 5 nitrogen and oxygen atoms in total. The third-order valence-corrected chi connectivity index (χ3v) is 7.11. The lowest BCUT2D eigenvalue weighted by Gasteiger charge is -2.63. The van der Waals surface area contributed by atoms with Crippen LogP contribution in [-0.2, 0) is 9.47 Å². The first-order valence-electron chi connectivity index (χ1n) is 9.88. The van der Waals surface area contributed by atoms with Gasteiger partial charge in [0, 0.05) is 57.8 Å². The van der Waals surface area contributed by atoms with Crippen molar-refractivity contribution in [3.8, 4) is 0 Å². The lowest BCUT2D eigenvalue weighted by Crippen LogP contribution is -2.72. The van der Waals surface area contributed by atoms with Gasteiger partial charge in [0.25, 0.3) is 0 Å². The number of halogens is 1. The van der Waals surface area contributed by atoms with Crippen LogP contribution in [0, 0.1) is 17.3 Å². The lowest BCUT2D eigenvalue weighted by atomic mass is 9.46. The van der Waals surface area contributed by atoms with Crippen LogP contribution >= 0.6 is 24.0 Å². The van der Waals surface area contributed by atoms with E-state index in [-0.39, 0.29) is 24.0 Å². The molecule has 2 aliphatic heterocycles. The van der Waals surface area contributed by atoms with Gasteiger partial charge in [-0.2, -0.15) is 0 Å². The predicted octanol–water partition coefficient (Wildman–Crippen LogP) is 2.89. The summed E-state index contributed by atoms with van der Waals surface area (Å²) in [7, 11) is 4.10. The summed E-state index contributed by atoms with van der Waals surface area (Å²) in [6, 6.07) is 0.572. The van der Waals surface area contributed by atoms with Crippen molar-refractivity contribution < 1.29 is 9.47 Å². The van der Waals surface area contributed by atoms with E-state index in [0.29, 0.717) is 23.5 Å². The van der Waals surface area contributed by atoms with Crippen LogP contribution < -0.4 is 5.32 Å². The number of fused-ring (bicyclic) bond motifs is 2. The van der Waals surface area contributed by atoms with Crippen LogP contribution in [0.5, 0.6) is 0 Å². The largest absolute Gasteiger partial charge is 0.381 e. The SMILES string of the molecule is CN=C(NC1C2CCOC2C12CCC2)N(C)CCC1CCOCC1.I. The Morgan fingerprint density at radius 2 is 1.96 bits per heavy atom. The summed E-state index contributed by atoms with van der Waals surface area (Å²) in [5.41, 5.74) is 0.415. The molecule has 144 valence electrons. The van der Waals surface area contributed by atoms with E-state index >= 15 is 0 Å². The second-order valence-corrected chi connectivity index (χ2v) is 8.27. The highest BCUT2D eigenvalue weighted by atomic mass is 127. The maximum atomic E-state index is 6.04. The Morgan fingerprint density at radius 3 is 2.60 bits per heavy atom. The van der Waals surface area contributed by atoms with Crippen molar-refractivity contribution in [3.05, 3.63) is 0 Å². The quantitative estimate of drug-likeness (QED) is 0.396. The van der Waals surface area contributed by atoms with E-state index in [1.165, 1.54) is 44.9 Å². The Balaban J connectivity index is 0.00000182. The zero-order valence-corrected chi connectivity index (χ0v) is 18.0. The molecule has 6 heteroatoms. The Bertz CT molecular complexity index is 477. The van der Waals surface area contributed by atoms with E-state index in [4.69, 9.17) is 9.47 Å². The molecule has 0 bridgehead atoms. The highest BCUT2D eigenvalue weighted by molar-refractivity contribution is 14.0. The lowest BCUT2D eigenvalue weighted by molar-refractivity contribution is -0.171. The predicted molar refractivity (Wildman–Crippen MR) is 111 cm³/mol. The maximum Gasteiger partial charge on any atom is 0.193 e. The van der Waals surface area contributed by atoms with Crippen LogP contribution in [-0.4, -0.2) is 63.5 Å². The molecule has 25 heavy (non-hydrogen) atoms. The van der Waals surface area contributed by atoms with Gasteiger partial charge < -0.3 is 19.7 Å². The second-order valence-electron chi connectivity index (χ2n) is 8.27. The van der Waals surface area contributed by atoms with Gasteiger partial charge in [0.15, 0.2) is 5.96 Å². The first-order chi connectivity index (χ1) is 11.7. The molecule has 0 radical (unpaired) electrons. The van der Waals surface area contributed by atoms with Gasteiger partial charge in [-0.1, -0.05) is 6.42 Å². The summed E-state index contributed by atoms with van der Waals surface area (Å²) in [5.74, 6) is 2.59. The Morgan fingerprint density at radius 1 is 1.20 bits per heavy atom. The molecule has 4 rings (SSSR count). The molecule has 2 heterocycles. The van der Waals surface area contributed by atoms with Crippen LogP contribution in [0.4, 0.5) is 0 Å². The zero-order chi connectivity index (χ0) is 16.6. The highest BCUT2D eigenvalue weighted by Gasteiger charge is 2.66. The molecule has 0 amide bonds. The normalized spacial score (nSPS) is 33.8. The highest BCUT2D eigenvalue weighted by Crippen LogP contribution is 2.62. The number of nitrogens with one attached hydrogen (secondary N) is 1. The molecule has 0 aromatic heterocycles. The van der Waals surface area contributed by atoms with E-state index in [1.807, 2.05) is 7.05 Å². The van der Waals surface area contributed by atoms with Crippen LogP contribution in [0.15, 0.2) is 4.99 Å². The molecule has 4 aliphatic rings. The van der Waals surface area contributed by atoms with Gasteiger partial charge in [-0.3, -0.25) is 4.99 Å². The fraction of sp³-hybridized carbons (Fsp3) is 0.947. The summed E-state index contributed by atoms with van der Waals surface area (Å²) in [5, 5.41) is 3.83. The van der Waals surface area contributed by atoms with E-state index in [0.717, 1.165) is 38.2 Å². The Hall–Kier alpha value is -0.0800. The van der Waals surface area contributed by atoms with Crippen molar-refractivity contribution in [3.63, 3.8) is 0 Å². The van der Waals surface area contributed by atoms with Gasteiger partial charge in [-0.15, -0.1) is 24.0 Å². The van der Waals surface area contributed by atoms with Crippen molar-refractivity contribution in [2.45, 2.75) is 57.1 Å². The molecular formula is C19H34IN3O2. The average Bonchev–Trinajstić information content (AvgIpc) is 2.98. The molecule has 1 spiro atoms. The summed E-state index contributed by atoms with van der Waals surface area (Å²) >= 11 is 0. The third kappa shape index (κ3) is 3.55. The minimum atomic E-state index is 0. The fourth-order valence-corrected chi connectivity index (χ4v) is 5.46. The molecule has 2 aliphatic carbocycles. The van der Waals surface area contributed by atoms with Crippen LogP contribution in [0.3, 0.4) is 0 Å². The molecule has 0 aromatic rings. The Labute approximate surface area is 169 Å². The molecule has 0 aromatic carbocycles. The molecule has 3 atom stereocenters. The summed E-state index contributed by atoms with van der Waals surface area (Å²) in [6.45, 7) is 3.91. The van der Waals surface area contributed by atoms with Crippen molar-refractivity contribution >= 4 is 29.9 Å². The van der Waals surface area contributed by atoms with Crippen molar-refractivity contribution in [2.75, 3.05) is 40.5 Å². The maximum absolute atomic E-state index is 6.04. The van der Waals surface area contributed by atoms with E-state index in [1.54, 1.807) is 0 Å². The van der Waals surface area contributed by atoms with Gasteiger partial charge in [0.1, 0.15) is 0 Å². The molecule has 4 fully saturated rings. The van der Waals surface area contributed by atoms with E-state index in [9.17, 15) is 0 Å². The van der Waals surface area contributed by atoms with Crippen LogP contribution in [0.25, 0.3) is 0 Å². The number of ether oxygens (including phenoxy) is 2. The monoisotopic (exact) mass is 463 g/mol. The zero-order valence-electron chi connectivity index (χ0n) is 15.7. The average molecular weight is 463 g/mol. The standard InChI is InChI=1S/C19H33N3O2.HI/c1-20-18(22(2)10-4-14-5-11-23-12-6-14)21-16-15-7-13-24-17(15)19(16)8-3-9-19;/h14-17H,3-13H2,1-2H3,(H,20,21);1H. The summed E-state index contributed by atoms with van der Waals surface area (Å²) in [4.78, 5) is 6.90. The summed E-state index contributed by atoms with van der Waals surface area (Å²) < 4.78 is 11.5. The third-order valence-electron chi connectivity index (χ3n) is 7.11. The van der Waals surface area contributed by atoms with Gasteiger partial charge in [-0.05, 0) is 44.4 Å². The number of guanidine groups is 1. The molecular weight excluding hydrogens is 429 g/mol. The molecule has 3 unspecified atom stereocenters. The first kappa shape index (κ1) is 19.7. The summed E-state index contributed by atoms with van der Waals surface area (Å²) in [6.07, 6.45) is 9.43. The van der Waals surface area contributed by atoms with Crippen LogP contribution in [0.2, 0.25) is 0 Å². The second kappa shape index (κ2) is 8.30. The Kier molecular flexibility index (Phi) is 6.53. The fourth-order valence-electron chi connectivity index (χ4n) is 5.46. The molecule has 1 N–H and O–H groups in total. The topological polar surface area (TPSA) is 46.1 Å². The van der Waals surface area contributed by atoms with Crippen molar-refractivity contribution in [1.29, 1.82) is 0 Å². The minimum absolute atomic E-state index is 0. The number of hydrogen-bond acceptors (Lipinski definition) is 3. The van der Waals surface area contributed by atoms with E-state index < -0.39 is 0 Å². The first-order valence-corrected chi connectivity index (χ1v) is 9.88. The number of hydrogen-bond donors (Lipinski definition) is 1. The van der Waals surface area contributed by atoms with Gasteiger partial charge in [0.05, 0.1) is 6.10 Å². The smallest absolute Gasteiger partial charge is 0.193 e. The van der Waals surface area contributed by atoms with Gasteiger partial charge >= 0.3 is 0 Å². The number of nitrogens with zero attached hydrogens (tertiary/aromatic N) is 2. The van der Waals surface area contributed by atoms with Gasteiger partial charge in [0.2, 0.25) is 0 Å². The molecule has 2 saturated heterocycles. The van der Waals surface area contributed by atoms with Gasteiger partial charge in [-0.25, -0.2) is 0 Å². The van der Waals surface area contributed by atoms with E-state index in [2.05, 4.69) is 22.3 Å². The van der Waals surface area contributed by atoms with Crippen LogP contribution in [0.1, 0.15) is 44.9 Å². The molecule has 2 saturated carbocycles. The van der Waals surface area contributed by atoms with Crippen molar-refractivity contribution in [1.82, 2.24) is 10.2 Å². The minimum Gasteiger partial charge on any atom is -0.381 e.